The zero-order valence-electron chi connectivity index (χ0n) is 24.5. The van der Waals surface area contributed by atoms with Crippen molar-refractivity contribution < 1.29 is 22.9 Å². The highest BCUT2D eigenvalue weighted by molar-refractivity contribution is 6.49. The molecule has 1 saturated heterocycles. The molecule has 42 heavy (non-hydrogen) atoms. The maximum atomic E-state index is 16.2. The molecule has 1 aromatic carbocycles. The van der Waals surface area contributed by atoms with Crippen molar-refractivity contribution in [1.29, 1.82) is 0 Å². The Labute approximate surface area is 248 Å². The molecule has 0 spiro atoms. The number of nitrogens with one attached hydrogen (secondary N) is 1. The summed E-state index contributed by atoms with van der Waals surface area (Å²) in [6.45, 7) is 11.3. The second-order valence-electron chi connectivity index (χ2n) is 12.7. The number of benzene rings is 1. The first-order chi connectivity index (χ1) is 19.7. The van der Waals surface area contributed by atoms with E-state index in [9.17, 15) is 9.59 Å². The predicted molar refractivity (Wildman–Crippen MR) is 157 cm³/mol. The average Bonchev–Trinajstić information content (AvgIpc) is 3.83. The van der Waals surface area contributed by atoms with Crippen LogP contribution in [0.25, 0.3) is 16.9 Å². The van der Waals surface area contributed by atoms with Gasteiger partial charge < -0.3 is 14.6 Å². The molecule has 0 unspecified atom stereocenters. The largest absolute Gasteiger partial charge is 0.461 e. The standard InChI is InChI=1S/C31H33BClF2N3O4/c1-15-14-36-26(18-8-7-9-19(24(18)34)28(39)37-17-10-11-17)25(35)27(15)38-16(2)12-21(23(33)29(38)40)20-13-22(20)32-41-30(3,4)31(5,6)42-32/h7-9,12,14,17,20,22H,10-11,13H2,1-6H3,(H,37,39)/t20-,22+/m1/s1. The summed E-state index contributed by atoms with van der Waals surface area (Å²) in [5, 5.41) is 2.74. The highest BCUT2D eigenvalue weighted by atomic mass is 35.5. The normalized spacial score (nSPS) is 22.4. The van der Waals surface area contributed by atoms with E-state index in [2.05, 4.69) is 10.3 Å². The third kappa shape index (κ3) is 4.77. The summed E-state index contributed by atoms with van der Waals surface area (Å²) < 4.78 is 45.4. The van der Waals surface area contributed by atoms with Crippen molar-refractivity contribution in [3.63, 3.8) is 0 Å². The van der Waals surface area contributed by atoms with Gasteiger partial charge in [0.1, 0.15) is 16.5 Å². The summed E-state index contributed by atoms with van der Waals surface area (Å²) in [4.78, 5) is 30.4. The molecule has 1 amide bonds. The van der Waals surface area contributed by atoms with Gasteiger partial charge in [-0.05, 0) is 96.0 Å². The lowest BCUT2D eigenvalue weighted by atomic mass is 9.79. The number of halogens is 3. The summed E-state index contributed by atoms with van der Waals surface area (Å²) in [7, 11) is -0.418. The Hall–Kier alpha value is -3.08. The number of hydrogen-bond donors (Lipinski definition) is 1. The van der Waals surface area contributed by atoms with Gasteiger partial charge in [-0.1, -0.05) is 17.7 Å². The topological polar surface area (TPSA) is 82.5 Å². The zero-order chi connectivity index (χ0) is 30.3. The lowest BCUT2D eigenvalue weighted by Gasteiger charge is -2.32. The molecular weight excluding hydrogens is 563 g/mol. The van der Waals surface area contributed by atoms with Gasteiger partial charge in [0, 0.05) is 29.3 Å². The summed E-state index contributed by atoms with van der Waals surface area (Å²) in [5.41, 5.74) is -0.745. The van der Waals surface area contributed by atoms with E-state index in [1.165, 1.54) is 29.0 Å². The molecule has 3 heterocycles. The maximum absolute atomic E-state index is 16.2. The Morgan fingerprint density at radius 3 is 2.43 bits per heavy atom. The minimum Gasteiger partial charge on any atom is -0.403 e. The van der Waals surface area contributed by atoms with Gasteiger partial charge in [-0.2, -0.15) is 0 Å². The Morgan fingerprint density at radius 1 is 1.12 bits per heavy atom. The molecule has 3 aromatic rings. The minimum absolute atomic E-state index is 0.00768. The number of carbonyl (C=O) groups is 1. The molecule has 2 saturated carbocycles. The predicted octanol–water partition coefficient (Wildman–Crippen LogP) is 6.29. The molecule has 2 aromatic heterocycles. The van der Waals surface area contributed by atoms with Crippen molar-refractivity contribution in [1.82, 2.24) is 14.9 Å². The second kappa shape index (κ2) is 10.00. The molecule has 2 aliphatic carbocycles. The van der Waals surface area contributed by atoms with E-state index in [0.29, 0.717) is 16.8 Å². The van der Waals surface area contributed by atoms with E-state index in [0.717, 1.165) is 19.3 Å². The number of carbonyl (C=O) groups excluding carboxylic acids is 1. The fourth-order valence-electron chi connectivity index (χ4n) is 5.63. The van der Waals surface area contributed by atoms with Crippen LogP contribution in [0.5, 0.6) is 0 Å². The molecule has 220 valence electrons. The van der Waals surface area contributed by atoms with Crippen LogP contribution in [-0.4, -0.2) is 39.8 Å². The van der Waals surface area contributed by atoms with Crippen molar-refractivity contribution in [3.05, 3.63) is 79.9 Å². The molecular formula is C31H33BClF2N3O4. The quantitative estimate of drug-likeness (QED) is 0.339. The van der Waals surface area contributed by atoms with E-state index in [4.69, 9.17) is 20.9 Å². The molecule has 11 heteroatoms. The SMILES string of the molecule is Cc1cnc(-c2cccc(C(=O)NC3CC3)c2F)c(F)c1-n1c(C)cc([C@H]2C[C@@H]2B2OC(C)(C)C(C)(C)O2)c(Cl)c1=O. The van der Waals surface area contributed by atoms with Crippen LogP contribution in [0.1, 0.15) is 80.1 Å². The van der Waals surface area contributed by atoms with Gasteiger partial charge >= 0.3 is 7.12 Å². The van der Waals surface area contributed by atoms with Crippen LogP contribution in [0.15, 0.2) is 35.3 Å². The minimum atomic E-state index is -0.885. The Balaban J connectivity index is 1.36. The van der Waals surface area contributed by atoms with Crippen LogP contribution >= 0.6 is 11.6 Å². The van der Waals surface area contributed by atoms with Crippen molar-refractivity contribution in [2.24, 2.45) is 0 Å². The van der Waals surface area contributed by atoms with Crippen LogP contribution in [0.2, 0.25) is 10.8 Å². The van der Waals surface area contributed by atoms with E-state index in [1.54, 1.807) is 19.9 Å². The summed E-state index contributed by atoms with van der Waals surface area (Å²) in [6, 6.07) is 6.03. The third-order valence-corrected chi connectivity index (χ3v) is 9.41. The Bertz CT molecular complexity index is 1670. The van der Waals surface area contributed by atoms with Crippen LogP contribution in [0.4, 0.5) is 8.78 Å². The highest BCUT2D eigenvalue weighted by Crippen LogP contribution is 2.59. The lowest BCUT2D eigenvalue weighted by molar-refractivity contribution is 0.00578. The van der Waals surface area contributed by atoms with E-state index in [-0.39, 0.29) is 45.3 Å². The number of pyridine rings is 2. The molecule has 3 aliphatic rings. The van der Waals surface area contributed by atoms with E-state index >= 15 is 8.78 Å². The smallest absolute Gasteiger partial charge is 0.403 e. The summed E-state index contributed by atoms with van der Waals surface area (Å²) in [6.07, 6.45) is 3.82. The van der Waals surface area contributed by atoms with Crippen molar-refractivity contribution >= 4 is 24.6 Å². The second-order valence-corrected chi connectivity index (χ2v) is 13.1. The fraction of sp³-hybridized carbons (Fsp3) is 0.452. The Morgan fingerprint density at radius 2 is 1.79 bits per heavy atom. The third-order valence-electron chi connectivity index (χ3n) is 9.03. The van der Waals surface area contributed by atoms with Gasteiger partial charge in [0.25, 0.3) is 11.5 Å². The number of amides is 1. The van der Waals surface area contributed by atoms with Crippen molar-refractivity contribution in [2.75, 3.05) is 0 Å². The number of hydrogen-bond acceptors (Lipinski definition) is 5. The van der Waals surface area contributed by atoms with Gasteiger partial charge in [-0.3, -0.25) is 19.1 Å². The van der Waals surface area contributed by atoms with Crippen molar-refractivity contribution in [3.8, 4) is 16.9 Å². The zero-order valence-corrected chi connectivity index (χ0v) is 25.2. The van der Waals surface area contributed by atoms with Gasteiger partial charge in [-0.25, -0.2) is 8.78 Å². The van der Waals surface area contributed by atoms with Gasteiger partial charge in [-0.15, -0.1) is 0 Å². The first-order valence-corrected chi connectivity index (χ1v) is 14.6. The van der Waals surface area contributed by atoms with Gasteiger partial charge in [0.05, 0.1) is 22.5 Å². The molecule has 0 radical (unpaired) electrons. The molecule has 0 bridgehead atoms. The van der Waals surface area contributed by atoms with Gasteiger partial charge in [0.15, 0.2) is 5.82 Å². The maximum Gasteiger partial charge on any atom is 0.461 e. The molecule has 1 aliphatic heterocycles. The highest BCUT2D eigenvalue weighted by Gasteiger charge is 2.60. The van der Waals surface area contributed by atoms with Crippen LogP contribution in [0.3, 0.4) is 0 Å². The summed E-state index contributed by atoms with van der Waals surface area (Å²) >= 11 is 6.67. The van der Waals surface area contributed by atoms with Crippen LogP contribution < -0.4 is 10.9 Å². The monoisotopic (exact) mass is 595 g/mol. The molecule has 6 rings (SSSR count). The molecule has 1 N–H and O–H groups in total. The van der Waals surface area contributed by atoms with E-state index < -0.39 is 41.4 Å². The Kier molecular flexibility index (Phi) is 6.91. The van der Waals surface area contributed by atoms with Crippen LogP contribution in [-0.2, 0) is 9.31 Å². The number of rotatable bonds is 6. The first-order valence-electron chi connectivity index (χ1n) is 14.2. The number of aromatic nitrogens is 2. The first kappa shape index (κ1) is 29.0. The number of aryl methyl sites for hydroxylation is 2. The molecule has 7 nitrogen and oxygen atoms in total. The molecule has 2 atom stereocenters. The van der Waals surface area contributed by atoms with Crippen molar-refractivity contribution in [2.45, 2.75) is 89.8 Å². The average molecular weight is 596 g/mol. The lowest BCUT2D eigenvalue weighted by Crippen LogP contribution is -2.41. The summed E-state index contributed by atoms with van der Waals surface area (Å²) in [5.74, 6) is -2.32. The van der Waals surface area contributed by atoms with Crippen LogP contribution in [0, 0.1) is 25.5 Å². The fourth-order valence-corrected chi connectivity index (χ4v) is 5.91. The number of nitrogens with zero attached hydrogens (tertiary/aromatic N) is 2. The molecule has 3 fully saturated rings. The van der Waals surface area contributed by atoms with E-state index in [1.807, 2.05) is 27.7 Å². The van der Waals surface area contributed by atoms with Gasteiger partial charge in [0.2, 0.25) is 0 Å².